The Kier molecular flexibility index (Phi) is 10.7. The molecular weight excluding hydrogens is 494 g/mol. The molecule has 0 aliphatic carbocycles. The molecule has 8 heteroatoms. The van der Waals surface area contributed by atoms with Crippen molar-refractivity contribution in [1.29, 1.82) is 0 Å². The minimum Gasteiger partial charge on any atom is -0.481 e. The number of piperidine rings is 3. The number of aliphatic hydroxyl groups is 3. The Morgan fingerprint density at radius 2 is 1.92 bits per heavy atom. The van der Waals surface area contributed by atoms with Gasteiger partial charge in [0.05, 0.1) is 18.1 Å². The Labute approximate surface area is 235 Å². The quantitative estimate of drug-likeness (QED) is 0.280. The van der Waals surface area contributed by atoms with E-state index in [1.165, 1.54) is 6.42 Å². The first-order valence-electron chi connectivity index (χ1n) is 15.5. The first-order valence-corrected chi connectivity index (χ1v) is 15.5. The molecule has 4 aliphatic heterocycles. The van der Waals surface area contributed by atoms with Gasteiger partial charge in [-0.1, -0.05) is 5.92 Å². The van der Waals surface area contributed by atoms with Gasteiger partial charge < -0.3 is 31.1 Å². The fraction of sp³-hybridized carbons (Fsp3) is 0.903. The summed E-state index contributed by atoms with van der Waals surface area (Å²) in [6.45, 7) is 6.53. The van der Waals surface area contributed by atoms with E-state index >= 15 is 0 Å². The highest BCUT2D eigenvalue weighted by Gasteiger charge is 2.39. The maximum atomic E-state index is 11.6. The van der Waals surface area contributed by atoms with E-state index in [-0.39, 0.29) is 55.1 Å². The normalized spacial score (nSPS) is 42.4. The standard InChI is InChI=1S/C31H53N3O5/c1-22-28(36)9-8-27-17-24(11-15-34(22)27)7-6-23-4-3-5-26-18-30(2,13-14-32-26)33-21-31(39,19-29(37)38)12-10-25(16-23)20-35/h22-28,32-33,35-36,39H,5-21H2,1-2H3,(H,37,38). The van der Waals surface area contributed by atoms with E-state index in [0.29, 0.717) is 24.8 Å². The summed E-state index contributed by atoms with van der Waals surface area (Å²) in [6.07, 6.45) is 10.3. The molecular formula is C31H53N3O5. The van der Waals surface area contributed by atoms with Crippen molar-refractivity contribution in [2.75, 3.05) is 26.2 Å². The number of nitrogens with zero attached hydrogens (tertiary/aromatic N) is 1. The molecule has 9 unspecified atom stereocenters. The van der Waals surface area contributed by atoms with Gasteiger partial charge in [0.25, 0.3) is 0 Å². The Bertz CT molecular complexity index is 876. The van der Waals surface area contributed by atoms with Crippen molar-refractivity contribution in [2.45, 2.75) is 133 Å². The second-order valence-corrected chi connectivity index (χ2v) is 13.6. The van der Waals surface area contributed by atoms with Gasteiger partial charge in [0.1, 0.15) is 0 Å². The number of nitrogens with one attached hydrogen (secondary N) is 2. The van der Waals surface area contributed by atoms with Crippen molar-refractivity contribution in [3.05, 3.63) is 0 Å². The maximum absolute atomic E-state index is 11.6. The minimum absolute atomic E-state index is 0.0108. The minimum atomic E-state index is -1.34. The van der Waals surface area contributed by atoms with Gasteiger partial charge in [-0.25, -0.2) is 0 Å². The van der Waals surface area contributed by atoms with Crippen LogP contribution in [0.15, 0.2) is 0 Å². The summed E-state index contributed by atoms with van der Waals surface area (Å²) in [4.78, 5) is 14.1. The molecule has 39 heavy (non-hydrogen) atoms. The Balaban J connectivity index is 1.43. The monoisotopic (exact) mass is 547 g/mol. The van der Waals surface area contributed by atoms with Crippen LogP contribution in [0, 0.1) is 29.6 Å². The molecule has 2 bridgehead atoms. The molecule has 4 heterocycles. The number of fused-ring (bicyclic) bond motifs is 3. The first-order chi connectivity index (χ1) is 18.6. The van der Waals surface area contributed by atoms with Crippen molar-refractivity contribution < 1.29 is 25.2 Å². The van der Waals surface area contributed by atoms with Crippen LogP contribution in [0.3, 0.4) is 0 Å². The molecule has 4 rings (SSSR count). The third-order valence-corrected chi connectivity index (χ3v) is 10.3. The van der Waals surface area contributed by atoms with E-state index in [2.05, 4.69) is 41.2 Å². The summed E-state index contributed by atoms with van der Waals surface area (Å²) in [7, 11) is 0. The predicted octanol–water partition coefficient (Wildman–Crippen LogP) is 2.50. The first kappa shape index (κ1) is 30.7. The van der Waals surface area contributed by atoms with E-state index < -0.39 is 11.6 Å². The number of carbonyl (C=O) groups is 1. The highest BCUT2D eigenvalue weighted by molar-refractivity contribution is 5.68. The van der Waals surface area contributed by atoms with E-state index in [9.17, 15) is 25.2 Å². The number of hydrogen-bond donors (Lipinski definition) is 6. The van der Waals surface area contributed by atoms with Crippen LogP contribution in [-0.4, -0.2) is 92.9 Å². The van der Waals surface area contributed by atoms with Gasteiger partial charge in [-0.2, -0.15) is 0 Å². The fourth-order valence-corrected chi connectivity index (χ4v) is 7.70. The number of hydrogen-bond acceptors (Lipinski definition) is 7. The van der Waals surface area contributed by atoms with E-state index in [1.54, 1.807) is 0 Å². The lowest BCUT2D eigenvalue weighted by Crippen LogP contribution is -2.57. The fourth-order valence-electron chi connectivity index (χ4n) is 7.70. The van der Waals surface area contributed by atoms with Crippen LogP contribution in [0.5, 0.6) is 0 Å². The lowest BCUT2D eigenvalue weighted by molar-refractivity contribution is -0.143. The lowest BCUT2D eigenvalue weighted by Gasteiger charge is -2.48. The van der Waals surface area contributed by atoms with Crippen molar-refractivity contribution in [3.8, 4) is 11.8 Å². The number of rotatable bonds is 6. The van der Waals surface area contributed by atoms with E-state index in [4.69, 9.17) is 0 Å². The molecule has 0 aromatic rings. The molecule has 8 nitrogen and oxygen atoms in total. The molecule has 0 radical (unpaired) electrons. The Morgan fingerprint density at radius 1 is 1.10 bits per heavy atom. The molecule has 3 fully saturated rings. The summed E-state index contributed by atoms with van der Waals surface area (Å²) >= 11 is 0. The van der Waals surface area contributed by atoms with Gasteiger partial charge in [-0.05, 0) is 109 Å². The lowest BCUT2D eigenvalue weighted by atomic mass is 9.78. The Morgan fingerprint density at radius 3 is 2.69 bits per heavy atom. The summed E-state index contributed by atoms with van der Waals surface area (Å²) in [5.74, 6) is 6.96. The van der Waals surface area contributed by atoms with Gasteiger partial charge in [0.2, 0.25) is 0 Å². The number of β-amino-alcohol motifs (C(OH)–C–C–N with tert-alkyl or cyclic N) is 1. The van der Waals surface area contributed by atoms with Crippen molar-refractivity contribution in [1.82, 2.24) is 15.5 Å². The van der Waals surface area contributed by atoms with Gasteiger partial charge in [0, 0.05) is 49.2 Å². The molecule has 3 saturated heterocycles. The van der Waals surface area contributed by atoms with Gasteiger partial charge >= 0.3 is 5.97 Å². The average Bonchev–Trinajstić information content (AvgIpc) is 2.89. The van der Waals surface area contributed by atoms with Crippen molar-refractivity contribution >= 4 is 5.97 Å². The zero-order valence-electron chi connectivity index (χ0n) is 24.2. The molecule has 0 spiro atoms. The summed E-state index contributed by atoms with van der Waals surface area (Å²) in [5.41, 5.74) is -1.52. The molecule has 4 aliphatic rings. The maximum Gasteiger partial charge on any atom is 0.306 e. The van der Waals surface area contributed by atoms with E-state index in [1.807, 2.05) is 0 Å². The zero-order valence-corrected chi connectivity index (χ0v) is 24.2. The molecule has 0 amide bonds. The third kappa shape index (κ3) is 8.64. The molecule has 0 aromatic carbocycles. The molecule has 0 saturated carbocycles. The molecule has 9 atom stereocenters. The highest BCUT2D eigenvalue weighted by atomic mass is 16.4. The number of carboxylic acid groups (broad SMARTS) is 1. The van der Waals surface area contributed by atoms with Crippen LogP contribution < -0.4 is 10.6 Å². The summed E-state index contributed by atoms with van der Waals surface area (Å²) < 4.78 is 0. The van der Waals surface area contributed by atoms with Gasteiger partial charge in [-0.3, -0.25) is 9.69 Å². The van der Waals surface area contributed by atoms with Crippen LogP contribution in [0.25, 0.3) is 0 Å². The zero-order chi connectivity index (χ0) is 28.0. The molecule has 222 valence electrons. The van der Waals surface area contributed by atoms with Crippen LogP contribution in [0.1, 0.15) is 97.3 Å². The van der Waals surface area contributed by atoms with Crippen LogP contribution in [-0.2, 0) is 4.79 Å². The SMILES string of the molecule is CC1C(O)CCC2CC(CCC3C#CCC4CC(C)(CCN4)NCC(O)(CC(=O)O)CCC(CO)C3)CCN21. The van der Waals surface area contributed by atoms with Crippen LogP contribution >= 0.6 is 0 Å². The second kappa shape index (κ2) is 13.6. The average molecular weight is 548 g/mol. The predicted molar refractivity (Wildman–Crippen MR) is 152 cm³/mol. The highest BCUT2D eigenvalue weighted by Crippen LogP contribution is 2.36. The van der Waals surface area contributed by atoms with Crippen LogP contribution in [0.4, 0.5) is 0 Å². The van der Waals surface area contributed by atoms with Gasteiger partial charge in [0.15, 0.2) is 0 Å². The van der Waals surface area contributed by atoms with Crippen LogP contribution in [0.2, 0.25) is 0 Å². The topological polar surface area (TPSA) is 125 Å². The van der Waals surface area contributed by atoms with Gasteiger partial charge in [-0.15, -0.1) is 5.92 Å². The molecule has 6 N–H and O–H groups in total. The van der Waals surface area contributed by atoms with Crippen molar-refractivity contribution in [2.24, 2.45) is 17.8 Å². The van der Waals surface area contributed by atoms with E-state index in [0.717, 1.165) is 70.9 Å². The largest absolute Gasteiger partial charge is 0.481 e. The molecule has 0 aromatic heterocycles. The Hall–Kier alpha value is -1.21. The summed E-state index contributed by atoms with van der Waals surface area (Å²) in [6, 6.07) is 1.10. The number of aliphatic carboxylic acids is 1. The second-order valence-electron chi connectivity index (χ2n) is 13.6. The number of aliphatic hydroxyl groups excluding tert-OH is 2. The smallest absolute Gasteiger partial charge is 0.306 e. The number of carboxylic acids is 1. The third-order valence-electron chi connectivity index (χ3n) is 10.3. The van der Waals surface area contributed by atoms with Crippen molar-refractivity contribution in [3.63, 3.8) is 0 Å². The summed E-state index contributed by atoms with van der Waals surface area (Å²) in [5, 5.41) is 48.5.